The molecule has 4 N–H and O–H groups in total. The highest BCUT2D eigenvalue weighted by molar-refractivity contribution is 5.79. The second-order valence-electron chi connectivity index (χ2n) is 3.88. The van der Waals surface area contributed by atoms with Crippen LogP contribution in [0.2, 0.25) is 0 Å². The van der Waals surface area contributed by atoms with Crippen LogP contribution in [0.25, 0.3) is 0 Å². The molecule has 0 aromatic carbocycles. The molecule has 0 radical (unpaired) electrons. The molecule has 7 heteroatoms. The summed E-state index contributed by atoms with van der Waals surface area (Å²) in [5.74, 6) is -1.39. The fraction of sp³-hybridized carbons (Fsp3) is 0.636. The van der Waals surface area contributed by atoms with Crippen molar-refractivity contribution in [2.75, 3.05) is 26.3 Å². The number of carboxylic acid groups (broad SMARTS) is 1. The van der Waals surface area contributed by atoms with Gasteiger partial charge in [-0.3, -0.25) is 0 Å². The SMILES string of the molecule is C=CCCOCCNC(=O)NCC(C)(O)C(=O)O. The third kappa shape index (κ3) is 7.64. The molecule has 0 heterocycles. The molecule has 0 spiro atoms. The number of rotatable bonds is 9. The average molecular weight is 260 g/mol. The number of ether oxygens (including phenoxy) is 1. The first-order valence-electron chi connectivity index (χ1n) is 5.56. The Morgan fingerprint density at radius 2 is 2.06 bits per heavy atom. The Bertz CT molecular complexity index is 291. The second-order valence-corrected chi connectivity index (χ2v) is 3.88. The van der Waals surface area contributed by atoms with Crippen molar-refractivity contribution in [3.8, 4) is 0 Å². The largest absolute Gasteiger partial charge is 0.479 e. The van der Waals surface area contributed by atoms with Gasteiger partial charge in [0, 0.05) is 6.54 Å². The van der Waals surface area contributed by atoms with Gasteiger partial charge in [0.05, 0.1) is 19.8 Å². The molecular formula is C11H20N2O5. The van der Waals surface area contributed by atoms with Gasteiger partial charge < -0.3 is 25.6 Å². The van der Waals surface area contributed by atoms with Gasteiger partial charge in [0.15, 0.2) is 5.60 Å². The van der Waals surface area contributed by atoms with Crippen molar-refractivity contribution in [1.29, 1.82) is 0 Å². The molecule has 7 nitrogen and oxygen atoms in total. The van der Waals surface area contributed by atoms with Crippen molar-refractivity contribution < 1.29 is 24.5 Å². The number of nitrogens with one attached hydrogen (secondary N) is 2. The van der Waals surface area contributed by atoms with Crippen LogP contribution in [0.15, 0.2) is 12.7 Å². The molecule has 0 saturated heterocycles. The van der Waals surface area contributed by atoms with Gasteiger partial charge in [-0.25, -0.2) is 9.59 Å². The van der Waals surface area contributed by atoms with Crippen LogP contribution in [-0.4, -0.2) is 54.1 Å². The maximum absolute atomic E-state index is 11.2. The van der Waals surface area contributed by atoms with Gasteiger partial charge in [-0.1, -0.05) is 6.08 Å². The van der Waals surface area contributed by atoms with E-state index in [-0.39, 0.29) is 6.54 Å². The number of hydrogen-bond donors (Lipinski definition) is 4. The summed E-state index contributed by atoms with van der Waals surface area (Å²) in [6, 6.07) is -0.552. The molecule has 104 valence electrons. The van der Waals surface area contributed by atoms with E-state index in [1.54, 1.807) is 6.08 Å². The summed E-state index contributed by atoms with van der Waals surface area (Å²) in [5, 5.41) is 22.7. The zero-order chi connectivity index (χ0) is 14.0. The van der Waals surface area contributed by atoms with Crippen LogP contribution in [0, 0.1) is 0 Å². The Hall–Kier alpha value is -1.60. The van der Waals surface area contributed by atoms with E-state index in [1.807, 2.05) is 0 Å². The summed E-state index contributed by atoms with van der Waals surface area (Å²) in [6.07, 6.45) is 2.47. The fourth-order valence-corrected chi connectivity index (χ4v) is 0.896. The number of carbonyl (C=O) groups is 2. The molecule has 0 aliphatic rings. The summed E-state index contributed by atoms with van der Waals surface area (Å²) in [6.45, 7) is 5.48. The van der Waals surface area contributed by atoms with Crippen LogP contribution in [0.4, 0.5) is 4.79 Å². The number of carboxylic acids is 1. The minimum absolute atomic E-state index is 0.304. The molecule has 0 rings (SSSR count). The van der Waals surface area contributed by atoms with Crippen molar-refractivity contribution >= 4 is 12.0 Å². The molecule has 0 aliphatic carbocycles. The molecule has 0 saturated carbocycles. The minimum atomic E-state index is -1.97. The van der Waals surface area contributed by atoms with Crippen molar-refractivity contribution in [2.45, 2.75) is 18.9 Å². The fourth-order valence-electron chi connectivity index (χ4n) is 0.896. The van der Waals surface area contributed by atoms with Gasteiger partial charge >= 0.3 is 12.0 Å². The Balaban J connectivity index is 3.60. The smallest absolute Gasteiger partial charge is 0.337 e. The Labute approximate surface area is 106 Å². The lowest BCUT2D eigenvalue weighted by molar-refractivity contribution is -0.155. The molecule has 2 amide bonds. The van der Waals surface area contributed by atoms with E-state index in [2.05, 4.69) is 17.2 Å². The Kier molecular flexibility index (Phi) is 7.73. The number of aliphatic carboxylic acids is 1. The molecule has 18 heavy (non-hydrogen) atoms. The van der Waals surface area contributed by atoms with E-state index < -0.39 is 17.6 Å². The average Bonchev–Trinajstić information content (AvgIpc) is 2.31. The van der Waals surface area contributed by atoms with E-state index in [4.69, 9.17) is 9.84 Å². The molecule has 0 aromatic rings. The molecule has 0 aromatic heterocycles. The summed E-state index contributed by atoms with van der Waals surface area (Å²) in [4.78, 5) is 21.7. The lowest BCUT2D eigenvalue weighted by Gasteiger charge is -2.18. The van der Waals surface area contributed by atoms with E-state index in [0.29, 0.717) is 19.8 Å². The van der Waals surface area contributed by atoms with E-state index in [9.17, 15) is 14.7 Å². The van der Waals surface area contributed by atoms with Crippen LogP contribution >= 0.6 is 0 Å². The molecule has 0 aliphatic heterocycles. The first-order chi connectivity index (χ1) is 8.40. The maximum atomic E-state index is 11.2. The molecule has 1 atom stereocenters. The number of carbonyl (C=O) groups excluding carboxylic acids is 1. The van der Waals surface area contributed by atoms with E-state index >= 15 is 0 Å². The van der Waals surface area contributed by atoms with Crippen molar-refractivity contribution in [3.05, 3.63) is 12.7 Å². The van der Waals surface area contributed by atoms with Crippen LogP contribution in [0.5, 0.6) is 0 Å². The van der Waals surface area contributed by atoms with Crippen LogP contribution in [0.1, 0.15) is 13.3 Å². The molecule has 0 fully saturated rings. The standard InChI is InChI=1S/C11H20N2O5/c1-3-4-6-18-7-5-12-10(16)13-8-11(2,17)9(14)15/h3,17H,1,4-8H2,2H3,(H,14,15)(H2,12,13,16). The predicted molar refractivity (Wildman–Crippen MR) is 65.3 cm³/mol. The van der Waals surface area contributed by atoms with E-state index in [0.717, 1.165) is 13.3 Å². The van der Waals surface area contributed by atoms with Crippen LogP contribution in [0.3, 0.4) is 0 Å². The monoisotopic (exact) mass is 260 g/mol. The highest BCUT2D eigenvalue weighted by Gasteiger charge is 2.30. The lowest BCUT2D eigenvalue weighted by Crippen LogP contribution is -2.49. The topological polar surface area (TPSA) is 108 Å². The maximum Gasteiger partial charge on any atom is 0.337 e. The second kappa shape index (κ2) is 8.48. The number of amides is 2. The van der Waals surface area contributed by atoms with Crippen LogP contribution < -0.4 is 10.6 Å². The van der Waals surface area contributed by atoms with Gasteiger partial charge in [-0.2, -0.15) is 0 Å². The highest BCUT2D eigenvalue weighted by atomic mass is 16.5. The first kappa shape index (κ1) is 16.4. The summed E-state index contributed by atoms with van der Waals surface area (Å²) < 4.78 is 5.15. The third-order valence-electron chi connectivity index (χ3n) is 2.05. The highest BCUT2D eigenvalue weighted by Crippen LogP contribution is 2.00. The van der Waals surface area contributed by atoms with Gasteiger partial charge in [-0.15, -0.1) is 6.58 Å². The number of hydrogen-bond acceptors (Lipinski definition) is 4. The third-order valence-corrected chi connectivity index (χ3v) is 2.05. The number of urea groups is 1. The van der Waals surface area contributed by atoms with Crippen molar-refractivity contribution in [2.24, 2.45) is 0 Å². The quantitative estimate of drug-likeness (QED) is 0.337. The van der Waals surface area contributed by atoms with Gasteiger partial charge in [0.2, 0.25) is 0 Å². The molecule has 0 bridgehead atoms. The van der Waals surface area contributed by atoms with E-state index in [1.165, 1.54) is 0 Å². The Morgan fingerprint density at radius 1 is 1.39 bits per heavy atom. The van der Waals surface area contributed by atoms with Crippen LogP contribution in [-0.2, 0) is 9.53 Å². The first-order valence-corrected chi connectivity index (χ1v) is 5.56. The van der Waals surface area contributed by atoms with Crippen molar-refractivity contribution in [1.82, 2.24) is 10.6 Å². The normalized spacial score (nSPS) is 13.4. The number of aliphatic hydroxyl groups is 1. The lowest BCUT2D eigenvalue weighted by atomic mass is 10.1. The Morgan fingerprint density at radius 3 is 2.61 bits per heavy atom. The zero-order valence-corrected chi connectivity index (χ0v) is 10.4. The zero-order valence-electron chi connectivity index (χ0n) is 10.4. The summed E-state index contributed by atoms with van der Waals surface area (Å²) in [5.41, 5.74) is -1.97. The summed E-state index contributed by atoms with van der Waals surface area (Å²) >= 11 is 0. The molecule has 1 unspecified atom stereocenters. The minimum Gasteiger partial charge on any atom is -0.479 e. The summed E-state index contributed by atoms with van der Waals surface area (Å²) in [7, 11) is 0. The predicted octanol–water partition coefficient (Wildman–Crippen LogP) is -0.286. The van der Waals surface area contributed by atoms with Crippen molar-refractivity contribution in [3.63, 3.8) is 0 Å². The van der Waals surface area contributed by atoms with Gasteiger partial charge in [-0.05, 0) is 13.3 Å². The van der Waals surface area contributed by atoms with Gasteiger partial charge in [0.1, 0.15) is 0 Å². The van der Waals surface area contributed by atoms with Gasteiger partial charge in [0.25, 0.3) is 0 Å². The molecular weight excluding hydrogens is 240 g/mol.